The molecule has 0 heterocycles. The van der Waals surface area contributed by atoms with Crippen molar-refractivity contribution in [1.29, 1.82) is 0 Å². The highest BCUT2D eigenvalue weighted by atomic mass is 35.5. The lowest BCUT2D eigenvalue weighted by molar-refractivity contribution is 0.0977. The molecule has 0 fully saturated rings. The molecule has 0 unspecified atom stereocenters. The molecule has 3 rings (SSSR count). The summed E-state index contributed by atoms with van der Waals surface area (Å²) in [5, 5.41) is 8.14. The molecule has 0 bridgehead atoms. The SMILES string of the molecule is Cc1ccc(NS(=O)(=O)c2ccc(NC(=S)NC(=O)c3ccc(Cl)c(N=O)c3)cc2)c(C)c1. The molecule has 8 nitrogen and oxygen atoms in total. The van der Waals surface area contributed by atoms with Gasteiger partial charge in [-0.25, -0.2) is 8.42 Å². The van der Waals surface area contributed by atoms with E-state index in [2.05, 4.69) is 20.5 Å². The van der Waals surface area contributed by atoms with Crippen molar-refractivity contribution < 1.29 is 13.2 Å². The van der Waals surface area contributed by atoms with Gasteiger partial charge in [0, 0.05) is 11.3 Å². The lowest BCUT2D eigenvalue weighted by Gasteiger charge is -2.13. The molecule has 1 amide bonds. The van der Waals surface area contributed by atoms with Gasteiger partial charge in [0.25, 0.3) is 15.9 Å². The highest BCUT2D eigenvalue weighted by Gasteiger charge is 2.16. The fraction of sp³-hybridized carbons (Fsp3) is 0.0909. The van der Waals surface area contributed by atoms with E-state index < -0.39 is 15.9 Å². The Balaban J connectivity index is 1.65. The van der Waals surface area contributed by atoms with E-state index in [1.807, 2.05) is 26.0 Å². The summed E-state index contributed by atoms with van der Waals surface area (Å²) in [5.41, 5.74) is 2.91. The number of sulfonamides is 1. The number of carbonyl (C=O) groups excluding carboxylic acids is 1. The lowest BCUT2D eigenvalue weighted by atomic mass is 10.1. The first-order valence-corrected chi connectivity index (χ1v) is 11.8. The molecular formula is C22H19ClN4O4S2. The van der Waals surface area contributed by atoms with Gasteiger partial charge < -0.3 is 5.32 Å². The highest BCUT2D eigenvalue weighted by molar-refractivity contribution is 7.92. The Kier molecular flexibility index (Phi) is 7.42. The lowest BCUT2D eigenvalue weighted by Crippen LogP contribution is -2.34. The van der Waals surface area contributed by atoms with Crippen LogP contribution in [0.4, 0.5) is 17.1 Å². The van der Waals surface area contributed by atoms with E-state index in [4.69, 9.17) is 23.8 Å². The number of nitroso groups, excluding NO2 is 1. The van der Waals surface area contributed by atoms with Crippen LogP contribution in [-0.4, -0.2) is 19.4 Å². The first-order valence-electron chi connectivity index (χ1n) is 9.54. The second-order valence-corrected chi connectivity index (χ2v) is 9.61. The van der Waals surface area contributed by atoms with Crippen molar-refractivity contribution in [3.05, 3.63) is 87.3 Å². The van der Waals surface area contributed by atoms with Gasteiger partial charge >= 0.3 is 0 Å². The molecule has 0 spiro atoms. The molecule has 0 aliphatic rings. The number of aryl methyl sites for hydroxylation is 2. The van der Waals surface area contributed by atoms with Gasteiger partial charge in [0.15, 0.2) is 5.11 Å². The van der Waals surface area contributed by atoms with Crippen LogP contribution in [-0.2, 0) is 10.0 Å². The number of nitrogens with zero attached hydrogens (tertiary/aromatic N) is 1. The Morgan fingerprint density at radius 2 is 1.70 bits per heavy atom. The molecule has 3 aromatic rings. The predicted octanol–water partition coefficient (Wildman–Crippen LogP) is 5.28. The molecule has 0 aromatic heterocycles. The number of carbonyl (C=O) groups is 1. The van der Waals surface area contributed by atoms with Crippen LogP contribution in [0.1, 0.15) is 21.5 Å². The summed E-state index contributed by atoms with van der Waals surface area (Å²) in [7, 11) is -3.78. The molecule has 0 saturated heterocycles. The number of rotatable bonds is 6. The number of thiocarbonyl (C=S) groups is 1. The summed E-state index contributed by atoms with van der Waals surface area (Å²) in [4.78, 5) is 23.1. The van der Waals surface area contributed by atoms with Crippen molar-refractivity contribution in [2.45, 2.75) is 18.7 Å². The zero-order valence-corrected chi connectivity index (χ0v) is 19.9. The molecule has 0 radical (unpaired) electrons. The van der Waals surface area contributed by atoms with Gasteiger partial charge in [-0.15, -0.1) is 4.91 Å². The monoisotopic (exact) mass is 502 g/mol. The zero-order chi connectivity index (χ0) is 24.2. The number of anilines is 2. The minimum atomic E-state index is -3.78. The summed E-state index contributed by atoms with van der Waals surface area (Å²) >= 11 is 10.9. The first kappa shape index (κ1) is 24.3. The number of halogens is 1. The second kappa shape index (κ2) is 10.1. The van der Waals surface area contributed by atoms with Crippen LogP contribution in [0.15, 0.2) is 70.7 Å². The minimum absolute atomic E-state index is 0.0143. The predicted molar refractivity (Wildman–Crippen MR) is 134 cm³/mol. The van der Waals surface area contributed by atoms with Gasteiger partial charge in [-0.05, 0) is 85.3 Å². The van der Waals surface area contributed by atoms with E-state index in [1.54, 1.807) is 6.07 Å². The Bertz CT molecular complexity index is 1340. The topological polar surface area (TPSA) is 117 Å². The zero-order valence-electron chi connectivity index (χ0n) is 17.5. The molecule has 11 heteroatoms. The Morgan fingerprint density at radius 1 is 1.00 bits per heavy atom. The first-order chi connectivity index (χ1) is 15.6. The van der Waals surface area contributed by atoms with Gasteiger partial charge in [0.2, 0.25) is 0 Å². The van der Waals surface area contributed by atoms with Gasteiger partial charge in [0.1, 0.15) is 5.69 Å². The van der Waals surface area contributed by atoms with E-state index in [1.165, 1.54) is 42.5 Å². The van der Waals surface area contributed by atoms with Crippen LogP contribution < -0.4 is 15.4 Å². The van der Waals surface area contributed by atoms with Gasteiger partial charge in [-0.1, -0.05) is 29.3 Å². The molecule has 3 aromatic carbocycles. The van der Waals surface area contributed by atoms with Crippen LogP contribution in [0.5, 0.6) is 0 Å². The maximum absolute atomic E-state index is 12.7. The van der Waals surface area contributed by atoms with E-state index in [0.717, 1.165) is 11.1 Å². The van der Waals surface area contributed by atoms with Crippen LogP contribution in [0.2, 0.25) is 5.02 Å². The number of nitrogens with one attached hydrogen (secondary N) is 3. The van der Waals surface area contributed by atoms with Gasteiger partial charge in [-0.3, -0.25) is 14.8 Å². The van der Waals surface area contributed by atoms with Crippen LogP contribution >= 0.6 is 23.8 Å². The third kappa shape index (κ3) is 6.13. The maximum Gasteiger partial charge on any atom is 0.261 e. The summed E-state index contributed by atoms with van der Waals surface area (Å²) in [5.74, 6) is -0.564. The second-order valence-electron chi connectivity index (χ2n) is 7.11. The van der Waals surface area contributed by atoms with Crippen LogP contribution in [0, 0.1) is 18.8 Å². The Labute approximate surface area is 201 Å². The Morgan fingerprint density at radius 3 is 2.33 bits per heavy atom. The van der Waals surface area contributed by atoms with Gasteiger partial charge in [-0.2, -0.15) is 0 Å². The summed E-state index contributed by atoms with van der Waals surface area (Å²) in [6, 6.07) is 15.4. The highest BCUT2D eigenvalue weighted by Crippen LogP contribution is 2.25. The number of hydrogen-bond donors (Lipinski definition) is 3. The largest absolute Gasteiger partial charge is 0.332 e. The molecule has 0 aliphatic heterocycles. The van der Waals surface area contributed by atoms with Crippen LogP contribution in [0.3, 0.4) is 0 Å². The molecule has 3 N–H and O–H groups in total. The number of benzene rings is 3. The van der Waals surface area contributed by atoms with E-state index in [-0.39, 0.29) is 26.3 Å². The van der Waals surface area contributed by atoms with Crippen molar-refractivity contribution in [3.8, 4) is 0 Å². The van der Waals surface area contributed by atoms with Crippen molar-refractivity contribution in [2.75, 3.05) is 10.0 Å². The fourth-order valence-corrected chi connectivity index (χ4v) is 4.40. The van der Waals surface area contributed by atoms with Crippen molar-refractivity contribution >= 4 is 61.9 Å². The third-order valence-corrected chi connectivity index (χ3v) is 6.49. The average Bonchev–Trinajstić information content (AvgIpc) is 2.76. The number of amides is 1. The molecule has 0 atom stereocenters. The molecule has 0 saturated carbocycles. The third-order valence-electron chi connectivity index (χ3n) is 4.58. The summed E-state index contributed by atoms with van der Waals surface area (Å²) in [6.45, 7) is 3.76. The Hall–Kier alpha value is -3.34. The summed E-state index contributed by atoms with van der Waals surface area (Å²) in [6.07, 6.45) is 0. The van der Waals surface area contributed by atoms with Crippen LogP contribution in [0.25, 0.3) is 0 Å². The van der Waals surface area contributed by atoms with Gasteiger partial charge in [0.05, 0.1) is 15.6 Å². The van der Waals surface area contributed by atoms with Crippen molar-refractivity contribution in [3.63, 3.8) is 0 Å². The minimum Gasteiger partial charge on any atom is -0.332 e. The van der Waals surface area contributed by atoms with Crippen molar-refractivity contribution in [1.82, 2.24) is 5.32 Å². The molecule has 0 aliphatic carbocycles. The van der Waals surface area contributed by atoms with E-state index in [0.29, 0.717) is 11.4 Å². The van der Waals surface area contributed by atoms with Crippen molar-refractivity contribution in [2.24, 2.45) is 5.18 Å². The van der Waals surface area contributed by atoms with E-state index >= 15 is 0 Å². The average molecular weight is 503 g/mol. The van der Waals surface area contributed by atoms with E-state index in [9.17, 15) is 18.1 Å². The summed E-state index contributed by atoms with van der Waals surface area (Å²) < 4.78 is 28.0. The smallest absolute Gasteiger partial charge is 0.261 e. The fourth-order valence-electron chi connectivity index (χ4n) is 2.91. The molecule has 33 heavy (non-hydrogen) atoms. The molecule has 170 valence electrons. The normalized spacial score (nSPS) is 10.9. The number of hydrogen-bond acceptors (Lipinski definition) is 6. The maximum atomic E-state index is 12.7. The standard InChI is InChI=1S/C22H19ClN4O4S2/c1-13-3-10-19(14(2)11-13)27-33(30,31)17-7-5-16(6-8-17)24-22(32)25-21(28)15-4-9-18(23)20(12-15)26-29/h3-12,27H,1-2H3,(H2,24,25,28,32). The molecular weight excluding hydrogens is 484 g/mol. The quantitative estimate of drug-likeness (QED) is 0.312.